The second-order valence-corrected chi connectivity index (χ2v) is 9.91. The zero-order chi connectivity index (χ0) is 21.6. The van der Waals surface area contributed by atoms with Crippen LogP contribution in [-0.4, -0.2) is 59.2 Å². The number of amides is 1. The SMILES string of the molecule is CC(=O)OC1(C)CN(Cc2cc(C)c(C3CN(C(=O)OC(C)(C)C)C3)cc2C)C1. The van der Waals surface area contributed by atoms with Crippen molar-refractivity contribution >= 4 is 12.1 Å². The molecule has 2 heterocycles. The van der Waals surface area contributed by atoms with Gasteiger partial charge in [-0.15, -0.1) is 0 Å². The molecule has 0 aromatic heterocycles. The van der Waals surface area contributed by atoms with E-state index in [1.807, 2.05) is 27.7 Å². The maximum Gasteiger partial charge on any atom is 0.410 e. The van der Waals surface area contributed by atoms with Gasteiger partial charge in [0.05, 0.1) is 0 Å². The maximum atomic E-state index is 12.2. The summed E-state index contributed by atoms with van der Waals surface area (Å²) >= 11 is 0. The topological polar surface area (TPSA) is 59.1 Å². The molecular formula is C23H34N2O4. The number of nitrogens with zero attached hydrogens (tertiary/aromatic N) is 2. The summed E-state index contributed by atoms with van der Waals surface area (Å²) in [5.41, 5.74) is 4.34. The van der Waals surface area contributed by atoms with Gasteiger partial charge in [0.25, 0.3) is 0 Å². The van der Waals surface area contributed by atoms with E-state index in [4.69, 9.17) is 9.47 Å². The molecule has 2 aliphatic rings. The van der Waals surface area contributed by atoms with Crippen molar-refractivity contribution in [3.05, 3.63) is 34.4 Å². The number of ether oxygens (including phenoxy) is 2. The summed E-state index contributed by atoms with van der Waals surface area (Å²) in [6.07, 6.45) is -0.228. The molecule has 0 radical (unpaired) electrons. The number of carbonyl (C=O) groups is 2. The highest BCUT2D eigenvalue weighted by molar-refractivity contribution is 5.69. The van der Waals surface area contributed by atoms with Gasteiger partial charge in [0.1, 0.15) is 11.2 Å². The van der Waals surface area contributed by atoms with Gasteiger partial charge in [-0.1, -0.05) is 12.1 Å². The number of hydrogen-bond acceptors (Lipinski definition) is 5. The quantitative estimate of drug-likeness (QED) is 0.718. The van der Waals surface area contributed by atoms with E-state index in [1.165, 1.54) is 29.2 Å². The van der Waals surface area contributed by atoms with Gasteiger partial charge >= 0.3 is 12.1 Å². The Morgan fingerprint density at radius 3 is 2.31 bits per heavy atom. The Labute approximate surface area is 174 Å². The van der Waals surface area contributed by atoms with E-state index in [0.717, 1.165) is 19.6 Å². The highest BCUT2D eigenvalue weighted by atomic mass is 16.6. The third-order valence-electron chi connectivity index (χ3n) is 5.60. The first-order valence-electron chi connectivity index (χ1n) is 10.4. The van der Waals surface area contributed by atoms with Crippen molar-refractivity contribution < 1.29 is 19.1 Å². The summed E-state index contributed by atoms with van der Waals surface area (Å²) in [5.74, 6) is 0.149. The molecule has 3 rings (SSSR count). The van der Waals surface area contributed by atoms with Crippen molar-refractivity contribution in [1.29, 1.82) is 0 Å². The molecule has 2 saturated heterocycles. The number of rotatable bonds is 4. The predicted octanol–water partition coefficient (Wildman–Crippen LogP) is 3.78. The van der Waals surface area contributed by atoms with Crippen LogP contribution < -0.4 is 0 Å². The van der Waals surface area contributed by atoms with Gasteiger partial charge in [0.2, 0.25) is 0 Å². The predicted molar refractivity (Wildman–Crippen MR) is 112 cm³/mol. The molecule has 0 spiro atoms. The lowest BCUT2D eigenvalue weighted by atomic mass is 9.86. The Morgan fingerprint density at radius 2 is 1.76 bits per heavy atom. The first-order valence-corrected chi connectivity index (χ1v) is 10.4. The van der Waals surface area contributed by atoms with Crippen LogP contribution in [0.1, 0.15) is 62.8 Å². The lowest BCUT2D eigenvalue weighted by Gasteiger charge is -2.47. The minimum absolute atomic E-state index is 0.218. The first-order chi connectivity index (χ1) is 13.3. The fourth-order valence-electron chi connectivity index (χ4n) is 4.32. The fourth-order valence-corrected chi connectivity index (χ4v) is 4.32. The molecule has 29 heavy (non-hydrogen) atoms. The van der Waals surface area contributed by atoms with Gasteiger partial charge in [0.15, 0.2) is 0 Å². The van der Waals surface area contributed by atoms with E-state index in [-0.39, 0.29) is 17.7 Å². The normalized spacial score (nSPS) is 19.3. The van der Waals surface area contributed by atoms with Crippen LogP contribution in [-0.2, 0) is 20.8 Å². The van der Waals surface area contributed by atoms with Crippen molar-refractivity contribution in [2.45, 2.75) is 72.1 Å². The third kappa shape index (κ3) is 5.10. The van der Waals surface area contributed by atoms with Gasteiger partial charge in [0, 0.05) is 45.6 Å². The second kappa shape index (κ2) is 7.63. The molecule has 0 aliphatic carbocycles. The fraction of sp³-hybridized carbons (Fsp3) is 0.652. The summed E-state index contributed by atoms with van der Waals surface area (Å²) in [7, 11) is 0. The highest BCUT2D eigenvalue weighted by Crippen LogP contribution is 2.33. The first kappa shape index (κ1) is 21.6. The van der Waals surface area contributed by atoms with Crippen LogP contribution in [0.2, 0.25) is 0 Å². The smallest absolute Gasteiger partial charge is 0.410 e. The molecule has 1 amide bonds. The van der Waals surface area contributed by atoms with Crippen LogP contribution in [0.4, 0.5) is 4.79 Å². The van der Waals surface area contributed by atoms with Crippen molar-refractivity contribution in [3.8, 4) is 0 Å². The molecule has 1 aromatic carbocycles. The van der Waals surface area contributed by atoms with Crippen LogP contribution >= 0.6 is 0 Å². The van der Waals surface area contributed by atoms with Crippen LogP contribution in [0.15, 0.2) is 12.1 Å². The largest absolute Gasteiger partial charge is 0.457 e. The molecule has 6 nitrogen and oxygen atoms in total. The van der Waals surface area contributed by atoms with Crippen LogP contribution in [0, 0.1) is 13.8 Å². The summed E-state index contributed by atoms with van der Waals surface area (Å²) in [6, 6.07) is 4.54. The Kier molecular flexibility index (Phi) is 5.69. The minimum atomic E-state index is -0.460. The van der Waals surface area contributed by atoms with Gasteiger partial charge in [-0.3, -0.25) is 9.69 Å². The Bertz CT molecular complexity index is 800. The molecule has 0 bridgehead atoms. The lowest BCUT2D eigenvalue weighted by molar-refractivity contribution is -0.174. The molecule has 0 unspecified atom stereocenters. The van der Waals surface area contributed by atoms with Crippen molar-refractivity contribution in [1.82, 2.24) is 9.80 Å². The highest BCUT2D eigenvalue weighted by Gasteiger charge is 2.41. The van der Waals surface area contributed by atoms with Crippen molar-refractivity contribution in [2.75, 3.05) is 26.2 Å². The van der Waals surface area contributed by atoms with Gasteiger partial charge < -0.3 is 14.4 Å². The average Bonchev–Trinajstić information content (AvgIpc) is 2.46. The summed E-state index contributed by atoms with van der Waals surface area (Å²) in [4.78, 5) is 27.5. The van der Waals surface area contributed by atoms with Crippen LogP contribution in [0.25, 0.3) is 0 Å². The monoisotopic (exact) mass is 402 g/mol. The number of esters is 1. The number of hydrogen-bond donors (Lipinski definition) is 0. The molecule has 1 aromatic rings. The molecule has 6 heteroatoms. The Balaban J connectivity index is 1.57. The Hall–Kier alpha value is -2.08. The van der Waals surface area contributed by atoms with E-state index < -0.39 is 5.60 Å². The Morgan fingerprint density at radius 1 is 1.14 bits per heavy atom. The second-order valence-electron chi connectivity index (χ2n) is 9.91. The number of aryl methyl sites for hydroxylation is 2. The maximum absolute atomic E-state index is 12.2. The lowest BCUT2D eigenvalue weighted by Crippen LogP contribution is -2.61. The minimum Gasteiger partial charge on any atom is -0.457 e. The van der Waals surface area contributed by atoms with E-state index in [0.29, 0.717) is 19.0 Å². The molecule has 0 atom stereocenters. The number of carbonyl (C=O) groups excluding carboxylic acids is 2. The van der Waals surface area contributed by atoms with Gasteiger partial charge in [-0.2, -0.15) is 0 Å². The molecule has 2 aliphatic heterocycles. The molecule has 0 N–H and O–H groups in total. The standard InChI is InChI=1S/C23H34N2O4/c1-15-9-20(19-11-25(12-19)21(27)29-22(4,5)6)16(2)8-18(15)10-24-13-23(7,14-24)28-17(3)26/h8-9,19H,10-14H2,1-7H3. The summed E-state index contributed by atoms with van der Waals surface area (Å²) in [6.45, 7) is 17.2. The van der Waals surface area contributed by atoms with E-state index in [1.54, 1.807) is 4.90 Å². The third-order valence-corrected chi connectivity index (χ3v) is 5.60. The van der Waals surface area contributed by atoms with Crippen molar-refractivity contribution in [2.24, 2.45) is 0 Å². The molecular weight excluding hydrogens is 368 g/mol. The van der Waals surface area contributed by atoms with E-state index in [2.05, 4.69) is 30.9 Å². The van der Waals surface area contributed by atoms with Crippen molar-refractivity contribution in [3.63, 3.8) is 0 Å². The zero-order valence-electron chi connectivity index (χ0n) is 18.8. The van der Waals surface area contributed by atoms with E-state index >= 15 is 0 Å². The van der Waals surface area contributed by atoms with Gasteiger partial charge in [-0.25, -0.2) is 4.79 Å². The molecule has 0 saturated carbocycles. The summed E-state index contributed by atoms with van der Waals surface area (Å²) < 4.78 is 10.9. The molecule has 2 fully saturated rings. The van der Waals surface area contributed by atoms with Crippen LogP contribution in [0.3, 0.4) is 0 Å². The van der Waals surface area contributed by atoms with Gasteiger partial charge in [-0.05, 0) is 63.8 Å². The van der Waals surface area contributed by atoms with Crippen LogP contribution in [0.5, 0.6) is 0 Å². The van der Waals surface area contributed by atoms with E-state index in [9.17, 15) is 9.59 Å². The number of likely N-dealkylation sites (tertiary alicyclic amines) is 2. The summed E-state index contributed by atoms with van der Waals surface area (Å²) in [5, 5.41) is 0. The average molecular weight is 403 g/mol. The molecule has 160 valence electrons. The zero-order valence-corrected chi connectivity index (χ0v) is 18.8. The number of benzene rings is 1.